The zero-order valence-electron chi connectivity index (χ0n) is 13.9. The minimum atomic E-state index is -0.559. The number of amides is 1. The van der Waals surface area contributed by atoms with Crippen LogP contribution in [0.5, 0.6) is 0 Å². The molecule has 8 nitrogen and oxygen atoms in total. The first kappa shape index (κ1) is 17.8. The lowest BCUT2D eigenvalue weighted by Gasteiger charge is -2.21. The second-order valence-corrected chi connectivity index (χ2v) is 7.81. The lowest BCUT2D eigenvalue weighted by atomic mass is 10.2. The number of furan rings is 1. The smallest absolute Gasteiger partial charge is 0.338 e. The molecule has 1 unspecified atom stereocenters. The van der Waals surface area contributed by atoms with Crippen molar-refractivity contribution in [2.75, 3.05) is 5.32 Å². The third kappa shape index (κ3) is 3.76. The molecular weight excluding hydrogens is 438 g/mol. The highest BCUT2D eigenvalue weighted by Crippen LogP contribution is 2.36. The molecule has 0 aliphatic carbocycles. The predicted octanol–water partition coefficient (Wildman–Crippen LogP) is 3.88. The summed E-state index contributed by atoms with van der Waals surface area (Å²) in [4.78, 5) is 25.0. The minimum Gasteiger partial charge on any atom is -0.452 e. The van der Waals surface area contributed by atoms with Gasteiger partial charge in [-0.3, -0.25) is 4.79 Å². The first-order chi connectivity index (χ1) is 13.0. The minimum absolute atomic E-state index is 0.0963. The quantitative estimate of drug-likeness (QED) is 0.597. The van der Waals surface area contributed by atoms with Crippen LogP contribution < -0.4 is 5.32 Å². The van der Waals surface area contributed by atoms with E-state index in [2.05, 4.69) is 31.4 Å². The molecule has 27 heavy (non-hydrogen) atoms. The highest BCUT2D eigenvalue weighted by atomic mass is 79.9. The average Bonchev–Trinajstić information content (AvgIpc) is 3.29. The van der Waals surface area contributed by atoms with Crippen LogP contribution in [0, 0.1) is 0 Å². The third-order valence-corrected chi connectivity index (χ3v) is 5.33. The predicted molar refractivity (Wildman–Crippen MR) is 99.2 cm³/mol. The number of aromatic nitrogens is 2. The zero-order valence-corrected chi connectivity index (χ0v) is 16.3. The second kappa shape index (κ2) is 7.20. The maximum atomic E-state index is 12.3. The summed E-state index contributed by atoms with van der Waals surface area (Å²) < 4.78 is 16.5. The van der Waals surface area contributed by atoms with Gasteiger partial charge in [-0.1, -0.05) is 0 Å². The Bertz CT molecular complexity index is 1030. The molecule has 1 aliphatic heterocycles. The van der Waals surface area contributed by atoms with Gasteiger partial charge in [-0.25, -0.2) is 4.79 Å². The first-order valence-electron chi connectivity index (χ1n) is 7.86. The fourth-order valence-corrected chi connectivity index (χ4v) is 3.62. The van der Waals surface area contributed by atoms with E-state index in [0.29, 0.717) is 21.7 Å². The van der Waals surface area contributed by atoms with Crippen LogP contribution in [0.25, 0.3) is 11.7 Å². The summed E-state index contributed by atoms with van der Waals surface area (Å²) in [5.74, 6) is 0.0807. The Morgan fingerprint density at radius 1 is 1.30 bits per heavy atom. The number of hydrogen-bond donors (Lipinski definition) is 1. The lowest BCUT2D eigenvalue weighted by molar-refractivity contribution is -0.115. The van der Waals surface area contributed by atoms with Gasteiger partial charge in [0, 0.05) is 4.90 Å². The molecule has 1 N–H and O–H groups in total. The highest BCUT2D eigenvalue weighted by molar-refractivity contribution is 9.10. The van der Waals surface area contributed by atoms with E-state index in [1.165, 1.54) is 11.8 Å². The van der Waals surface area contributed by atoms with Crippen LogP contribution in [-0.4, -0.2) is 27.3 Å². The van der Waals surface area contributed by atoms with Crippen molar-refractivity contribution < 1.29 is 23.2 Å². The summed E-state index contributed by atoms with van der Waals surface area (Å²) in [7, 11) is 0. The van der Waals surface area contributed by atoms with E-state index in [4.69, 9.17) is 13.6 Å². The number of thioether (sulfide) groups is 1. The molecule has 1 atom stereocenters. The average molecular weight is 450 g/mol. The van der Waals surface area contributed by atoms with Gasteiger partial charge in [0.15, 0.2) is 17.0 Å². The number of fused-ring (bicyclic) bond motifs is 1. The zero-order chi connectivity index (χ0) is 19.0. The number of anilines is 1. The largest absolute Gasteiger partial charge is 0.452 e. The number of nitrogens with zero attached hydrogens (tertiary/aromatic N) is 2. The van der Waals surface area contributed by atoms with E-state index in [9.17, 15) is 9.59 Å². The molecule has 138 valence electrons. The van der Waals surface area contributed by atoms with Gasteiger partial charge < -0.3 is 18.9 Å². The molecule has 0 saturated carbocycles. The molecule has 4 rings (SSSR count). The van der Waals surface area contributed by atoms with Crippen LogP contribution in [0.3, 0.4) is 0 Å². The molecule has 1 amide bonds. The van der Waals surface area contributed by atoms with Gasteiger partial charge in [-0.15, -0.1) is 22.0 Å². The fourth-order valence-electron chi connectivity index (χ4n) is 2.39. The van der Waals surface area contributed by atoms with Gasteiger partial charge in [0.1, 0.15) is 0 Å². The highest BCUT2D eigenvalue weighted by Gasteiger charge is 2.24. The van der Waals surface area contributed by atoms with Crippen LogP contribution in [0.15, 0.2) is 48.7 Å². The van der Waals surface area contributed by atoms with Crippen molar-refractivity contribution in [1.29, 1.82) is 0 Å². The molecule has 3 heterocycles. The van der Waals surface area contributed by atoms with E-state index in [1.54, 1.807) is 30.3 Å². The van der Waals surface area contributed by atoms with Crippen molar-refractivity contribution >= 4 is 45.3 Å². The van der Waals surface area contributed by atoms with Gasteiger partial charge in [-0.05, 0) is 53.2 Å². The van der Waals surface area contributed by atoms with E-state index < -0.39 is 5.97 Å². The SMILES string of the molecule is CC1Sc2ccc(C(=O)OCc3nnc(-c4ccc(Br)o4)o3)cc2NC1=O. The van der Waals surface area contributed by atoms with E-state index in [0.717, 1.165) is 4.90 Å². The summed E-state index contributed by atoms with van der Waals surface area (Å²) in [5.41, 5.74) is 0.917. The third-order valence-electron chi connectivity index (χ3n) is 3.72. The lowest BCUT2D eigenvalue weighted by Crippen LogP contribution is -2.26. The van der Waals surface area contributed by atoms with Crippen molar-refractivity contribution in [2.45, 2.75) is 23.7 Å². The standard InChI is InChI=1S/C17H12BrN3O5S/c1-8-15(22)19-10-6-9(2-4-12(10)27-8)17(23)24-7-14-20-21-16(26-14)11-3-5-13(18)25-11/h2-6,8H,7H2,1H3,(H,19,22). The molecule has 0 radical (unpaired) electrons. The molecule has 0 fully saturated rings. The van der Waals surface area contributed by atoms with Crippen molar-refractivity contribution in [3.8, 4) is 11.7 Å². The number of hydrogen-bond acceptors (Lipinski definition) is 8. The molecule has 10 heteroatoms. The Labute approximate surface area is 165 Å². The maximum Gasteiger partial charge on any atom is 0.338 e. The summed E-state index contributed by atoms with van der Waals surface area (Å²) in [6, 6.07) is 8.40. The molecule has 1 aliphatic rings. The monoisotopic (exact) mass is 449 g/mol. The molecule has 1 aromatic carbocycles. The molecule has 0 saturated heterocycles. The Hall–Kier alpha value is -2.59. The Morgan fingerprint density at radius 3 is 2.93 bits per heavy atom. The second-order valence-electron chi connectivity index (χ2n) is 5.64. The number of nitrogens with one attached hydrogen (secondary N) is 1. The molecule has 2 aromatic heterocycles. The number of ether oxygens (including phenoxy) is 1. The van der Waals surface area contributed by atoms with Gasteiger partial charge >= 0.3 is 5.97 Å². The van der Waals surface area contributed by atoms with Crippen molar-refractivity contribution in [1.82, 2.24) is 10.2 Å². The van der Waals surface area contributed by atoms with Gasteiger partial charge in [0.05, 0.1) is 16.5 Å². The summed E-state index contributed by atoms with van der Waals surface area (Å²) in [6.45, 7) is 1.65. The summed E-state index contributed by atoms with van der Waals surface area (Å²) in [6.07, 6.45) is 0. The number of carbonyl (C=O) groups is 2. The van der Waals surface area contributed by atoms with Gasteiger partial charge in [-0.2, -0.15) is 0 Å². The summed E-state index contributed by atoms with van der Waals surface area (Å²) >= 11 is 4.63. The van der Waals surface area contributed by atoms with Crippen LogP contribution in [-0.2, 0) is 16.1 Å². The normalized spacial score (nSPS) is 15.9. The molecule has 3 aromatic rings. The first-order valence-corrected chi connectivity index (χ1v) is 9.53. The van der Waals surface area contributed by atoms with E-state index >= 15 is 0 Å². The number of benzene rings is 1. The van der Waals surface area contributed by atoms with Crippen LogP contribution >= 0.6 is 27.7 Å². The number of halogens is 1. The van der Waals surface area contributed by atoms with Crippen LogP contribution in [0.2, 0.25) is 0 Å². The molecule has 0 bridgehead atoms. The number of rotatable bonds is 4. The van der Waals surface area contributed by atoms with Crippen molar-refractivity contribution in [3.05, 3.63) is 46.5 Å². The van der Waals surface area contributed by atoms with Gasteiger partial charge in [0.25, 0.3) is 11.8 Å². The van der Waals surface area contributed by atoms with Crippen LogP contribution in [0.1, 0.15) is 23.2 Å². The van der Waals surface area contributed by atoms with E-state index in [-0.39, 0.29) is 29.5 Å². The fraction of sp³-hybridized carbons (Fsp3) is 0.176. The number of carbonyl (C=O) groups excluding carboxylic acids is 2. The molecular formula is C17H12BrN3O5S. The number of esters is 1. The van der Waals surface area contributed by atoms with Crippen LogP contribution in [0.4, 0.5) is 5.69 Å². The topological polar surface area (TPSA) is 107 Å². The Kier molecular flexibility index (Phi) is 4.75. The Balaban J connectivity index is 1.42. The van der Waals surface area contributed by atoms with E-state index in [1.807, 2.05) is 6.92 Å². The van der Waals surface area contributed by atoms with Gasteiger partial charge in [0.2, 0.25) is 5.91 Å². The molecule has 0 spiro atoms. The summed E-state index contributed by atoms with van der Waals surface area (Å²) in [5, 5.41) is 10.3. The maximum absolute atomic E-state index is 12.3. The van der Waals surface area contributed by atoms with Crippen molar-refractivity contribution in [2.24, 2.45) is 0 Å². The Morgan fingerprint density at radius 2 is 2.15 bits per heavy atom. The van der Waals surface area contributed by atoms with Crippen molar-refractivity contribution in [3.63, 3.8) is 0 Å².